The molecule has 1 aromatic heterocycles. The van der Waals surface area contributed by atoms with E-state index in [0.29, 0.717) is 30.1 Å². The second kappa shape index (κ2) is 9.47. The van der Waals surface area contributed by atoms with Crippen molar-refractivity contribution in [2.24, 2.45) is 5.92 Å². The normalized spacial score (nSPS) is 17.5. The number of amides is 1. The molecule has 162 valence electrons. The lowest BCUT2D eigenvalue weighted by molar-refractivity contribution is -0.152. The number of piperidine rings is 1. The van der Waals surface area contributed by atoms with Crippen LogP contribution in [0.1, 0.15) is 24.0 Å². The standard InChI is InChI=1S/C20H23ClN2O5S2/c1-13-9-14(2)19(16(21)10-13)22-17(24)12-28-20(25)15-5-3-7-23(11-15)30(26,27)18-6-4-8-29-18/h4,6,8-10,15H,3,5,7,11-12H2,1-2H3,(H,22,24). The first-order valence-corrected chi connectivity index (χ1v) is 12.1. The Balaban J connectivity index is 1.56. The SMILES string of the molecule is Cc1cc(C)c(NC(=O)COC(=O)C2CCCN(S(=O)(=O)c3cccs3)C2)c(Cl)c1. The average molecular weight is 471 g/mol. The van der Waals surface area contributed by atoms with Crippen molar-refractivity contribution < 1.29 is 22.7 Å². The fourth-order valence-corrected chi connectivity index (χ4v) is 6.43. The molecule has 0 radical (unpaired) electrons. The van der Waals surface area contributed by atoms with Crippen LogP contribution in [0.25, 0.3) is 0 Å². The van der Waals surface area contributed by atoms with Gasteiger partial charge in [-0.3, -0.25) is 9.59 Å². The zero-order valence-electron chi connectivity index (χ0n) is 16.7. The molecule has 3 rings (SSSR count). The van der Waals surface area contributed by atoms with Crippen LogP contribution in [0.5, 0.6) is 0 Å². The van der Waals surface area contributed by atoms with Crippen LogP contribution in [-0.4, -0.2) is 44.3 Å². The molecule has 2 aromatic rings. The molecule has 0 aliphatic carbocycles. The molecule has 1 aromatic carbocycles. The Morgan fingerprint density at radius 2 is 2.10 bits per heavy atom. The number of rotatable bonds is 6. The van der Waals surface area contributed by atoms with Crippen molar-refractivity contribution in [3.05, 3.63) is 45.8 Å². The summed E-state index contributed by atoms with van der Waals surface area (Å²) in [5.74, 6) is -1.69. The Labute approximate surface area is 185 Å². The molecule has 7 nitrogen and oxygen atoms in total. The summed E-state index contributed by atoms with van der Waals surface area (Å²) in [5.41, 5.74) is 2.26. The second-order valence-electron chi connectivity index (χ2n) is 7.23. The van der Waals surface area contributed by atoms with Gasteiger partial charge in [-0.2, -0.15) is 4.31 Å². The van der Waals surface area contributed by atoms with Gasteiger partial charge in [0.05, 0.1) is 16.6 Å². The number of benzene rings is 1. The lowest BCUT2D eigenvalue weighted by Crippen LogP contribution is -2.42. The minimum atomic E-state index is -3.62. The quantitative estimate of drug-likeness (QED) is 0.651. The first-order chi connectivity index (χ1) is 14.2. The average Bonchev–Trinajstić information content (AvgIpc) is 3.24. The number of carbonyl (C=O) groups is 2. The molecule has 0 saturated carbocycles. The molecule has 1 aliphatic heterocycles. The number of thiophene rings is 1. The molecule has 1 unspecified atom stereocenters. The number of halogens is 1. The van der Waals surface area contributed by atoms with E-state index in [4.69, 9.17) is 16.3 Å². The van der Waals surface area contributed by atoms with E-state index in [2.05, 4.69) is 5.32 Å². The molecule has 10 heteroatoms. The molecule has 1 amide bonds. The van der Waals surface area contributed by atoms with E-state index in [1.165, 1.54) is 4.31 Å². The molecule has 1 N–H and O–H groups in total. The van der Waals surface area contributed by atoms with Gasteiger partial charge in [-0.25, -0.2) is 8.42 Å². The number of aryl methyl sites for hydroxylation is 2. The third-order valence-electron chi connectivity index (χ3n) is 4.85. The zero-order chi connectivity index (χ0) is 21.9. The van der Waals surface area contributed by atoms with E-state index in [9.17, 15) is 18.0 Å². The van der Waals surface area contributed by atoms with Crippen LogP contribution in [-0.2, 0) is 24.3 Å². The predicted octanol–water partition coefficient (Wildman–Crippen LogP) is 3.60. The number of carbonyl (C=O) groups excluding carboxylic acids is 2. The minimum absolute atomic E-state index is 0.0452. The molecule has 0 bridgehead atoms. The summed E-state index contributed by atoms with van der Waals surface area (Å²) in [6.45, 7) is 3.67. The Morgan fingerprint density at radius 3 is 2.77 bits per heavy atom. The molecule has 1 saturated heterocycles. The molecule has 1 aliphatic rings. The molecule has 1 fully saturated rings. The van der Waals surface area contributed by atoms with Crippen molar-refractivity contribution in [2.75, 3.05) is 25.0 Å². The topological polar surface area (TPSA) is 92.8 Å². The number of nitrogens with one attached hydrogen (secondary N) is 1. The first-order valence-electron chi connectivity index (χ1n) is 9.45. The van der Waals surface area contributed by atoms with Crippen molar-refractivity contribution in [3.63, 3.8) is 0 Å². The van der Waals surface area contributed by atoms with Crippen LogP contribution in [0, 0.1) is 19.8 Å². The highest BCUT2D eigenvalue weighted by Gasteiger charge is 2.34. The molecule has 1 atom stereocenters. The van der Waals surface area contributed by atoms with Crippen LogP contribution in [0.4, 0.5) is 5.69 Å². The Bertz CT molecular complexity index is 1010. The highest BCUT2D eigenvalue weighted by atomic mass is 35.5. The van der Waals surface area contributed by atoms with Crippen molar-refractivity contribution >= 4 is 50.5 Å². The Morgan fingerprint density at radius 1 is 1.33 bits per heavy atom. The molecule has 0 spiro atoms. The van der Waals surface area contributed by atoms with E-state index >= 15 is 0 Å². The van der Waals surface area contributed by atoms with Crippen LogP contribution >= 0.6 is 22.9 Å². The van der Waals surface area contributed by atoms with E-state index in [1.807, 2.05) is 19.9 Å². The van der Waals surface area contributed by atoms with Gasteiger partial charge in [0.1, 0.15) is 4.21 Å². The third-order valence-corrected chi connectivity index (χ3v) is 8.38. The van der Waals surface area contributed by atoms with E-state index in [0.717, 1.165) is 22.5 Å². The summed E-state index contributed by atoms with van der Waals surface area (Å²) >= 11 is 7.32. The largest absolute Gasteiger partial charge is 0.455 e. The van der Waals surface area contributed by atoms with Crippen LogP contribution in [0.15, 0.2) is 33.9 Å². The van der Waals surface area contributed by atoms with E-state index in [1.54, 1.807) is 23.6 Å². The number of ether oxygens (including phenoxy) is 1. The van der Waals surface area contributed by atoms with Gasteiger partial charge in [0.2, 0.25) is 0 Å². The monoisotopic (exact) mass is 470 g/mol. The highest BCUT2D eigenvalue weighted by Crippen LogP contribution is 2.28. The van der Waals surface area contributed by atoms with E-state index in [-0.39, 0.29) is 10.8 Å². The van der Waals surface area contributed by atoms with Gasteiger partial charge >= 0.3 is 5.97 Å². The Kier molecular flexibility index (Phi) is 7.18. The van der Waals surface area contributed by atoms with Gasteiger partial charge < -0.3 is 10.1 Å². The summed E-state index contributed by atoms with van der Waals surface area (Å²) in [6.07, 6.45) is 1.06. The van der Waals surface area contributed by atoms with Gasteiger partial charge in [0.25, 0.3) is 15.9 Å². The molecular formula is C20H23ClN2O5S2. The number of anilines is 1. The predicted molar refractivity (Wildman–Crippen MR) is 116 cm³/mol. The van der Waals surface area contributed by atoms with Crippen molar-refractivity contribution in [2.45, 2.75) is 30.9 Å². The fourth-order valence-electron chi connectivity index (χ4n) is 3.39. The van der Waals surface area contributed by atoms with Crippen molar-refractivity contribution in [3.8, 4) is 0 Å². The number of hydrogen-bond donors (Lipinski definition) is 1. The van der Waals surface area contributed by atoms with Gasteiger partial charge in [0.15, 0.2) is 6.61 Å². The lowest BCUT2D eigenvalue weighted by Gasteiger charge is -2.30. The van der Waals surface area contributed by atoms with Gasteiger partial charge in [0, 0.05) is 13.1 Å². The molecule has 30 heavy (non-hydrogen) atoms. The molecule has 2 heterocycles. The summed E-state index contributed by atoms with van der Waals surface area (Å²) in [4.78, 5) is 24.7. The number of esters is 1. The minimum Gasteiger partial charge on any atom is -0.455 e. The third kappa shape index (κ3) is 5.21. The second-order valence-corrected chi connectivity index (χ2v) is 10.7. The number of hydrogen-bond acceptors (Lipinski definition) is 6. The van der Waals surface area contributed by atoms with Gasteiger partial charge in [-0.05, 0) is 55.3 Å². The zero-order valence-corrected chi connectivity index (χ0v) is 19.1. The summed E-state index contributed by atoms with van der Waals surface area (Å²) in [6, 6.07) is 6.84. The first kappa shape index (κ1) is 22.7. The summed E-state index contributed by atoms with van der Waals surface area (Å²) < 4.78 is 32.1. The fraction of sp³-hybridized carbons (Fsp3) is 0.400. The number of nitrogens with zero attached hydrogens (tertiary/aromatic N) is 1. The van der Waals surface area contributed by atoms with Crippen LogP contribution in [0.3, 0.4) is 0 Å². The summed E-state index contributed by atoms with van der Waals surface area (Å²) in [7, 11) is -3.62. The molecular weight excluding hydrogens is 448 g/mol. The lowest BCUT2D eigenvalue weighted by atomic mass is 10.00. The smallest absolute Gasteiger partial charge is 0.310 e. The van der Waals surface area contributed by atoms with Crippen LogP contribution < -0.4 is 5.32 Å². The van der Waals surface area contributed by atoms with Crippen molar-refractivity contribution in [1.29, 1.82) is 0 Å². The van der Waals surface area contributed by atoms with Crippen LogP contribution in [0.2, 0.25) is 5.02 Å². The summed E-state index contributed by atoms with van der Waals surface area (Å²) in [5, 5.41) is 4.77. The maximum Gasteiger partial charge on any atom is 0.310 e. The number of sulfonamides is 1. The van der Waals surface area contributed by atoms with E-state index < -0.39 is 34.4 Å². The highest BCUT2D eigenvalue weighted by molar-refractivity contribution is 7.91. The van der Waals surface area contributed by atoms with Crippen molar-refractivity contribution in [1.82, 2.24) is 4.31 Å². The maximum absolute atomic E-state index is 12.7. The van der Waals surface area contributed by atoms with Gasteiger partial charge in [-0.15, -0.1) is 11.3 Å². The maximum atomic E-state index is 12.7. The van der Waals surface area contributed by atoms with Gasteiger partial charge in [-0.1, -0.05) is 23.7 Å². The Hall–Kier alpha value is -1.94.